The molecule has 0 unspecified atom stereocenters. The predicted molar refractivity (Wildman–Crippen MR) is 77.0 cm³/mol. The summed E-state index contributed by atoms with van der Waals surface area (Å²) in [5.74, 6) is -0.338. The lowest BCUT2D eigenvalue weighted by molar-refractivity contribution is 0.0563. The number of furan rings is 1. The SMILES string of the molecule is COC(=O)c1occc1CNc1ccc(NC(N)=O)cc1. The van der Waals surface area contributed by atoms with Gasteiger partial charge in [0, 0.05) is 23.5 Å². The number of carbonyl (C=O) groups is 2. The van der Waals surface area contributed by atoms with Gasteiger partial charge in [-0.1, -0.05) is 0 Å². The Kier molecular flexibility index (Phi) is 4.45. The van der Waals surface area contributed by atoms with E-state index in [-0.39, 0.29) is 5.76 Å². The average molecular weight is 289 g/mol. The van der Waals surface area contributed by atoms with Crippen molar-refractivity contribution in [1.29, 1.82) is 0 Å². The summed E-state index contributed by atoms with van der Waals surface area (Å²) >= 11 is 0. The molecule has 0 spiro atoms. The Morgan fingerprint density at radius 3 is 2.48 bits per heavy atom. The highest BCUT2D eigenvalue weighted by atomic mass is 16.5. The maximum absolute atomic E-state index is 11.5. The van der Waals surface area contributed by atoms with Gasteiger partial charge in [-0.05, 0) is 30.3 Å². The number of anilines is 2. The number of hydrogen-bond donors (Lipinski definition) is 3. The first-order valence-electron chi connectivity index (χ1n) is 6.15. The van der Waals surface area contributed by atoms with Crippen LogP contribution in [0.4, 0.5) is 16.2 Å². The molecular formula is C14H15N3O4. The van der Waals surface area contributed by atoms with Crippen LogP contribution in [0.25, 0.3) is 0 Å². The molecule has 2 aromatic rings. The normalized spacial score (nSPS) is 9.95. The fourth-order valence-electron chi connectivity index (χ4n) is 1.76. The Bertz CT molecular complexity index is 634. The molecule has 0 aliphatic heterocycles. The molecule has 0 saturated carbocycles. The minimum absolute atomic E-state index is 0.178. The zero-order chi connectivity index (χ0) is 15.2. The standard InChI is InChI=1S/C14H15N3O4/c1-20-13(18)12-9(6-7-21-12)8-16-10-2-4-11(5-3-10)17-14(15)19/h2-7,16H,8H2,1H3,(H3,15,17,19). The first kappa shape index (κ1) is 14.4. The second-order valence-corrected chi connectivity index (χ2v) is 4.19. The van der Waals surface area contributed by atoms with Crippen molar-refractivity contribution < 1.29 is 18.7 Å². The minimum atomic E-state index is -0.614. The predicted octanol–water partition coefficient (Wildman–Crippen LogP) is 2.17. The Balaban J connectivity index is 1.98. The summed E-state index contributed by atoms with van der Waals surface area (Å²) in [6.45, 7) is 0.406. The second kappa shape index (κ2) is 6.47. The van der Waals surface area contributed by atoms with Gasteiger partial charge in [-0.3, -0.25) is 0 Å². The largest absolute Gasteiger partial charge is 0.463 e. The van der Waals surface area contributed by atoms with Crippen LogP contribution in [0.2, 0.25) is 0 Å². The molecule has 21 heavy (non-hydrogen) atoms. The molecule has 110 valence electrons. The molecule has 0 saturated heterocycles. The van der Waals surface area contributed by atoms with E-state index < -0.39 is 12.0 Å². The molecule has 1 heterocycles. The van der Waals surface area contributed by atoms with Crippen molar-refractivity contribution in [3.8, 4) is 0 Å². The van der Waals surface area contributed by atoms with Crippen LogP contribution in [-0.2, 0) is 11.3 Å². The van der Waals surface area contributed by atoms with Crippen LogP contribution in [0.1, 0.15) is 16.1 Å². The Labute approximate surface area is 121 Å². The van der Waals surface area contributed by atoms with Gasteiger partial charge in [-0.15, -0.1) is 0 Å². The number of nitrogens with one attached hydrogen (secondary N) is 2. The molecule has 7 heteroatoms. The summed E-state index contributed by atoms with van der Waals surface area (Å²) in [6, 6.07) is 8.07. The average Bonchev–Trinajstić information content (AvgIpc) is 2.93. The van der Waals surface area contributed by atoms with Crippen molar-refractivity contribution in [3.05, 3.63) is 47.9 Å². The summed E-state index contributed by atoms with van der Waals surface area (Å²) < 4.78 is 9.72. The molecular weight excluding hydrogens is 274 g/mol. The van der Waals surface area contributed by atoms with Crippen LogP contribution in [0.15, 0.2) is 41.0 Å². The topological polar surface area (TPSA) is 107 Å². The molecule has 0 aliphatic rings. The summed E-state index contributed by atoms with van der Waals surface area (Å²) in [5, 5.41) is 5.60. The van der Waals surface area contributed by atoms with E-state index in [1.54, 1.807) is 30.3 Å². The molecule has 0 aliphatic carbocycles. The highest BCUT2D eigenvalue weighted by Gasteiger charge is 2.15. The highest BCUT2D eigenvalue weighted by Crippen LogP contribution is 2.17. The van der Waals surface area contributed by atoms with Gasteiger partial charge in [0.15, 0.2) is 0 Å². The van der Waals surface area contributed by atoms with Crippen molar-refractivity contribution in [2.45, 2.75) is 6.54 Å². The van der Waals surface area contributed by atoms with Gasteiger partial charge in [-0.25, -0.2) is 9.59 Å². The molecule has 4 N–H and O–H groups in total. The maximum Gasteiger partial charge on any atom is 0.374 e. The maximum atomic E-state index is 11.5. The molecule has 1 aromatic carbocycles. The number of hydrogen-bond acceptors (Lipinski definition) is 5. The number of nitrogens with two attached hydrogens (primary N) is 1. The van der Waals surface area contributed by atoms with E-state index in [1.165, 1.54) is 13.4 Å². The summed E-state index contributed by atoms with van der Waals surface area (Å²) in [5.41, 5.74) is 7.14. The Morgan fingerprint density at radius 1 is 1.19 bits per heavy atom. The van der Waals surface area contributed by atoms with E-state index in [1.807, 2.05) is 0 Å². The van der Waals surface area contributed by atoms with Gasteiger partial charge in [0.2, 0.25) is 5.76 Å². The van der Waals surface area contributed by atoms with Crippen LogP contribution in [0, 0.1) is 0 Å². The number of ether oxygens (including phenoxy) is 1. The lowest BCUT2D eigenvalue weighted by atomic mass is 10.2. The molecule has 1 aromatic heterocycles. The summed E-state index contributed by atoms with van der Waals surface area (Å²) in [4.78, 5) is 22.2. The number of esters is 1. The van der Waals surface area contributed by atoms with Crippen molar-refractivity contribution in [2.75, 3.05) is 17.7 Å². The number of rotatable bonds is 5. The van der Waals surface area contributed by atoms with Gasteiger partial charge < -0.3 is 25.5 Å². The second-order valence-electron chi connectivity index (χ2n) is 4.19. The number of benzene rings is 1. The minimum Gasteiger partial charge on any atom is -0.463 e. The zero-order valence-corrected chi connectivity index (χ0v) is 11.4. The fraction of sp³-hybridized carbons (Fsp3) is 0.143. The highest BCUT2D eigenvalue weighted by molar-refractivity contribution is 5.88. The Morgan fingerprint density at radius 2 is 1.86 bits per heavy atom. The number of carbonyl (C=O) groups excluding carboxylic acids is 2. The van der Waals surface area contributed by atoms with Gasteiger partial charge in [0.25, 0.3) is 0 Å². The van der Waals surface area contributed by atoms with E-state index in [9.17, 15) is 9.59 Å². The third kappa shape index (κ3) is 3.75. The fourth-order valence-corrected chi connectivity index (χ4v) is 1.76. The molecule has 7 nitrogen and oxygen atoms in total. The molecule has 0 radical (unpaired) electrons. The van der Waals surface area contributed by atoms with Crippen LogP contribution >= 0.6 is 0 Å². The monoisotopic (exact) mass is 289 g/mol. The number of urea groups is 1. The van der Waals surface area contributed by atoms with Crippen LogP contribution in [0.5, 0.6) is 0 Å². The molecule has 0 bridgehead atoms. The first-order chi connectivity index (χ1) is 10.1. The van der Waals surface area contributed by atoms with Crippen molar-refractivity contribution in [1.82, 2.24) is 0 Å². The third-order valence-corrected chi connectivity index (χ3v) is 2.75. The van der Waals surface area contributed by atoms with Crippen molar-refractivity contribution in [2.24, 2.45) is 5.73 Å². The summed E-state index contributed by atoms with van der Waals surface area (Å²) in [7, 11) is 1.30. The van der Waals surface area contributed by atoms with E-state index in [0.717, 1.165) is 5.69 Å². The number of primary amides is 1. The molecule has 0 atom stereocenters. The zero-order valence-electron chi connectivity index (χ0n) is 11.4. The smallest absolute Gasteiger partial charge is 0.374 e. The molecule has 0 fully saturated rings. The van der Waals surface area contributed by atoms with Crippen LogP contribution in [-0.4, -0.2) is 19.1 Å². The van der Waals surface area contributed by atoms with Crippen LogP contribution in [0.3, 0.4) is 0 Å². The third-order valence-electron chi connectivity index (χ3n) is 2.75. The van der Waals surface area contributed by atoms with E-state index >= 15 is 0 Å². The number of amides is 2. The molecule has 2 rings (SSSR count). The van der Waals surface area contributed by atoms with Gasteiger partial charge in [-0.2, -0.15) is 0 Å². The van der Waals surface area contributed by atoms with Crippen molar-refractivity contribution in [3.63, 3.8) is 0 Å². The van der Waals surface area contributed by atoms with E-state index in [2.05, 4.69) is 15.4 Å². The number of methoxy groups -OCH3 is 1. The van der Waals surface area contributed by atoms with E-state index in [4.69, 9.17) is 10.2 Å². The quantitative estimate of drug-likeness (QED) is 0.731. The van der Waals surface area contributed by atoms with E-state index in [0.29, 0.717) is 17.8 Å². The van der Waals surface area contributed by atoms with Crippen LogP contribution < -0.4 is 16.4 Å². The Hall–Kier alpha value is -2.96. The first-order valence-corrected chi connectivity index (χ1v) is 6.15. The van der Waals surface area contributed by atoms with Gasteiger partial charge >= 0.3 is 12.0 Å². The lowest BCUT2D eigenvalue weighted by Crippen LogP contribution is -2.19. The van der Waals surface area contributed by atoms with Crippen molar-refractivity contribution >= 4 is 23.4 Å². The lowest BCUT2D eigenvalue weighted by Gasteiger charge is -2.07. The van der Waals surface area contributed by atoms with Gasteiger partial charge in [0.05, 0.1) is 13.4 Å². The summed E-state index contributed by atoms with van der Waals surface area (Å²) in [6.07, 6.45) is 1.43. The molecule has 2 amide bonds. The van der Waals surface area contributed by atoms with Gasteiger partial charge in [0.1, 0.15) is 0 Å².